The monoisotopic (exact) mass is 217 g/mol. The highest BCUT2D eigenvalue weighted by Gasteiger charge is 2.19. The number of halogens is 1. The first kappa shape index (κ1) is 11.2. The van der Waals surface area contributed by atoms with E-state index in [0.29, 0.717) is 6.42 Å². The Kier molecular flexibility index (Phi) is 4.06. The predicted octanol–water partition coefficient (Wildman–Crippen LogP) is 0.0820. The molecule has 0 aliphatic rings. The fourth-order valence-corrected chi connectivity index (χ4v) is 1.19. The van der Waals surface area contributed by atoms with Crippen molar-refractivity contribution in [1.82, 2.24) is 9.97 Å². The molecule has 0 spiro atoms. The van der Waals surface area contributed by atoms with Crippen LogP contribution in [0.1, 0.15) is 18.2 Å². The average molecular weight is 218 g/mol. The molecule has 1 aromatic rings. The number of nitrogens with zero attached hydrogens (tertiary/aromatic N) is 2. The van der Waals surface area contributed by atoms with Gasteiger partial charge in [0, 0.05) is 5.88 Å². The van der Waals surface area contributed by atoms with E-state index in [0.717, 1.165) is 0 Å². The zero-order valence-electron chi connectivity index (χ0n) is 7.47. The van der Waals surface area contributed by atoms with Gasteiger partial charge in [-0.3, -0.25) is 4.98 Å². The van der Waals surface area contributed by atoms with Crippen molar-refractivity contribution in [3.8, 4) is 0 Å². The van der Waals surface area contributed by atoms with Crippen molar-refractivity contribution in [3.63, 3.8) is 0 Å². The summed E-state index contributed by atoms with van der Waals surface area (Å²) in [5.74, 6) is 0.549. The summed E-state index contributed by atoms with van der Waals surface area (Å²) >= 11 is 5.43. The van der Waals surface area contributed by atoms with E-state index in [1.807, 2.05) is 0 Å². The van der Waals surface area contributed by atoms with Crippen molar-refractivity contribution in [2.75, 3.05) is 11.6 Å². The van der Waals surface area contributed by atoms with Gasteiger partial charge in [-0.25, -0.2) is 4.98 Å². The fourth-order valence-electron chi connectivity index (χ4n) is 0.968. The second-order valence-corrected chi connectivity index (χ2v) is 3.23. The van der Waals surface area contributed by atoms with Gasteiger partial charge >= 0.3 is 0 Å². The molecule has 0 bridgehead atoms. The maximum atomic E-state index is 9.56. The van der Waals surface area contributed by atoms with E-state index < -0.39 is 12.2 Å². The Morgan fingerprint density at radius 3 is 2.57 bits per heavy atom. The van der Waals surface area contributed by atoms with Crippen LogP contribution < -0.4 is 5.73 Å². The summed E-state index contributed by atoms with van der Waals surface area (Å²) in [6.45, 7) is 0. The Balaban J connectivity index is 2.68. The van der Waals surface area contributed by atoms with Gasteiger partial charge in [-0.2, -0.15) is 0 Å². The molecule has 0 fully saturated rings. The average Bonchev–Trinajstić information content (AvgIpc) is 2.18. The SMILES string of the molecule is Nc1cnc(C(O)C(O)CCCl)cn1. The topological polar surface area (TPSA) is 92.3 Å². The summed E-state index contributed by atoms with van der Waals surface area (Å²) in [6.07, 6.45) is 0.963. The summed E-state index contributed by atoms with van der Waals surface area (Å²) < 4.78 is 0. The van der Waals surface area contributed by atoms with Crippen LogP contribution in [0.2, 0.25) is 0 Å². The van der Waals surface area contributed by atoms with Gasteiger partial charge in [-0.1, -0.05) is 0 Å². The lowest BCUT2D eigenvalue weighted by atomic mass is 10.1. The van der Waals surface area contributed by atoms with Crippen LogP contribution in [-0.2, 0) is 0 Å². The van der Waals surface area contributed by atoms with E-state index >= 15 is 0 Å². The Morgan fingerprint density at radius 1 is 1.36 bits per heavy atom. The maximum Gasteiger partial charge on any atom is 0.141 e. The number of nitrogen functional groups attached to an aromatic ring is 1. The second kappa shape index (κ2) is 5.09. The Morgan fingerprint density at radius 2 is 2.07 bits per heavy atom. The van der Waals surface area contributed by atoms with Gasteiger partial charge in [0.25, 0.3) is 0 Å². The molecule has 1 rings (SSSR count). The quantitative estimate of drug-likeness (QED) is 0.622. The molecule has 0 saturated heterocycles. The fraction of sp³-hybridized carbons (Fsp3) is 0.500. The minimum absolute atomic E-state index is 0.271. The molecule has 0 amide bonds. The molecule has 0 saturated carbocycles. The van der Waals surface area contributed by atoms with Crippen molar-refractivity contribution in [2.45, 2.75) is 18.6 Å². The van der Waals surface area contributed by atoms with Crippen LogP contribution in [-0.4, -0.2) is 32.2 Å². The normalized spacial score (nSPS) is 15.1. The van der Waals surface area contributed by atoms with Crippen LogP contribution in [0.25, 0.3) is 0 Å². The number of hydrogen-bond acceptors (Lipinski definition) is 5. The van der Waals surface area contributed by atoms with E-state index in [1.54, 1.807) is 0 Å². The number of aliphatic hydroxyl groups is 2. The smallest absolute Gasteiger partial charge is 0.141 e. The third kappa shape index (κ3) is 2.80. The van der Waals surface area contributed by atoms with Crippen molar-refractivity contribution < 1.29 is 10.2 Å². The highest BCUT2D eigenvalue weighted by Crippen LogP contribution is 2.16. The summed E-state index contributed by atoms with van der Waals surface area (Å²) in [6, 6.07) is 0. The van der Waals surface area contributed by atoms with Gasteiger partial charge in [-0.05, 0) is 6.42 Å². The molecule has 0 aliphatic carbocycles. The van der Waals surface area contributed by atoms with Gasteiger partial charge in [0.05, 0.1) is 24.2 Å². The number of aliphatic hydroxyl groups excluding tert-OH is 2. The Bertz CT molecular complexity index is 280. The molecule has 6 heteroatoms. The molecule has 0 aromatic carbocycles. The largest absolute Gasteiger partial charge is 0.390 e. The van der Waals surface area contributed by atoms with E-state index in [2.05, 4.69) is 9.97 Å². The lowest BCUT2D eigenvalue weighted by Gasteiger charge is -2.15. The summed E-state index contributed by atoms with van der Waals surface area (Å²) in [7, 11) is 0. The number of aromatic nitrogens is 2. The van der Waals surface area contributed by atoms with E-state index in [1.165, 1.54) is 12.4 Å². The van der Waals surface area contributed by atoms with E-state index in [9.17, 15) is 10.2 Å². The van der Waals surface area contributed by atoms with E-state index in [4.69, 9.17) is 17.3 Å². The second-order valence-electron chi connectivity index (χ2n) is 2.86. The molecule has 5 nitrogen and oxygen atoms in total. The third-order valence-electron chi connectivity index (χ3n) is 1.76. The van der Waals surface area contributed by atoms with Crippen molar-refractivity contribution in [2.24, 2.45) is 0 Å². The highest BCUT2D eigenvalue weighted by molar-refractivity contribution is 6.17. The van der Waals surface area contributed by atoms with Gasteiger partial charge < -0.3 is 15.9 Å². The first-order valence-electron chi connectivity index (χ1n) is 4.14. The summed E-state index contributed by atoms with van der Waals surface area (Å²) in [4.78, 5) is 7.59. The lowest BCUT2D eigenvalue weighted by molar-refractivity contribution is 0.0142. The van der Waals surface area contributed by atoms with Crippen LogP contribution >= 0.6 is 11.6 Å². The molecule has 2 atom stereocenters. The zero-order chi connectivity index (χ0) is 10.6. The van der Waals surface area contributed by atoms with Crippen LogP contribution in [0.4, 0.5) is 5.82 Å². The van der Waals surface area contributed by atoms with Gasteiger partial charge in [0.1, 0.15) is 11.9 Å². The first-order chi connectivity index (χ1) is 6.65. The minimum Gasteiger partial charge on any atom is -0.390 e. The first-order valence-corrected chi connectivity index (χ1v) is 4.68. The van der Waals surface area contributed by atoms with E-state index in [-0.39, 0.29) is 17.4 Å². The molecule has 1 aromatic heterocycles. The maximum absolute atomic E-state index is 9.56. The highest BCUT2D eigenvalue weighted by atomic mass is 35.5. The molecule has 2 unspecified atom stereocenters. The Hall–Kier alpha value is -0.910. The predicted molar refractivity (Wildman–Crippen MR) is 52.7 cm³/mol. The molecule has 4 N–H and O–H groups in total. The molecule has 0 aliphatic heterocycles. The molecule has 78 valence electrons. The minimum atomic E-state index is -1.07. The molecule has 0 radical (unpaired) electrons. The molecule has 1 heterocycles. The molecular formula is C8H12ClN3O2. The van der Waals surface area contributed by atoms with Gasteiger partial charge in [0.2, 0.25) is 0 Å². The molecule has 14 heavy (non-hydrogen) atoms. The van der Waals surface area contributed by atoms with Crippen LogP contribution in [0.3, 0.4) is 0 Å². The number of rotatable bonds is 4. The van der Waals surface area contributed by atoms with Crippen molar-refractivity contribution >= 4 is 17.4 Å². The third-order valence-corrected chi connectivity index (χ3v) is 1.98. The number of hydrogen-bond donors (Lipinski definition) is 3. The van der Waals surface area contributed by atoms with Crippen molar-refractivity contribution in [3.05, 3.63) is 18.1 Å². The summed E-state index contributed by atoms with van der Waals surface area (Å²) in [5.41, 5.74) is 5.61. The van der Waals surface area contributed by atoms with Crippen molar-refractivity contribution in [1.29, 1.82) is 0 Å². The Labute approximate surface area is 86.6 Å². The zero-order valence-corrected chi connectivity index (χ0v) is 8.22. The number of anilines is 1. The van der Waals surface area contributed by atoms with Crippen LogP contribution in [0, 0.1) is 0 Å². The number of alkyl halides is 1. The molecular weight excluding hydrogens is 206 g/mol. The van der Waals surface area contributed by atoms with Crippen LogP contribution in [0.5, 0.6) is 0 Å². The lowest BCUT2D eigenvalue weighted by Crippen LogP contribution is -2.20. The van der Waals surface area contributed by atoms with Gasteiger partial charge in [-0.15, -0.1) is 11.6 Å². The van der Waals surface area contributed by atoms with Crippen LogP contribution in [0.15, 0.2) is 12.4 Å². The van der Waals surface area contributed by atoms with Gasteiger partial charge in [0.15, 0.2) is 0 Å². The summed E-state index contributed by atoms with van der Waals surface area (Å²) in [5, 5.41) is 19.0. The standard InChI is InChI=1S/C8H12ClN3O2/c9-2-1-6(13)8(14)5-3-12-7(10)4-11-5/h3-4,6,8,13-14H,1-2H2,(H2,10,12). The number of nitrogens with two attached hydrogens (primary N) is 1.